The molecular weight excluding hydrogens is 314 g/mol. The van der Waals surface area contributed by atoms with Crippen LogP contribution in [0.3, 0.4) is 0 Å². The van der Waals surface area contributed by atoms with Crippen molar-refractivity contribution in [3.63, 3.8) is 0 Å². The molecule has 0 bridgehead atoms. The lowest BCUT2D eigenvalue weighted by Gasteiger charge is -2.33. The summed E-state index contributed by atoms with van der Waals surface area (Å²) in [4.78, 5) is 25.3. The van der Waals surface area contributed by atoms with Crippen LogP contribution < -0.4 is 5.32 Å². The molecule has 1 saturated heterocycles. The summed E-state index contributed by atoms with van der Waals surface area (Å²) in [6.07, 6.45) is 3.23. The highest BCUT2D eigenvalue weighted by Crippen LogP contribution is 2.11. The molecule has 1 aliphatic heterocycles. The average molecular weight is 339 g/mol. The van der Waals surface area contributed by atoms with E-state index in [4.69, 9.17) is 0 Å². The Labute approximate surface area is 148 Å². The Kier molecular flexibility index (Phi) is 5.60. The van der Waals surface area contributed by atoms with Gasteiger partial charge in [0.05, 0.1) is 5.56 Å². The minimum absolute atomic E-state index is 0.0150. The second kappa shape index (κ2) is 8.07. The van der Waals surface area contributed by atoms with Gasteiger partial charge in [-0.25, -0.2) is 9.97 Å². The van der Waals surface area contributed by atoms with Crippen molar-refractivity contribution in [3.8, 4) is 0 Å². The van der Waals surface area contributed by atoms with Crippen LogP contribution in [0.1, 0.15) is 28.4 Å². The van der Waals surface area contributed by atoms with E-state index in [2.05, 4.69) is 46.2 Å². The second-order valence-corrected chi connectivity index (χ2v) is 6.30. The van der Waals surface area contributed by atoms with E-state index in [-0.39, 0.29) is 5.91 Å². The number of aromatic nitrogens is 2. The highest BCUT2D eigenvalue weighted by molar-refractivity contribution is 5.93. The van der Waals surface area contributed by atoms with Gasteiger partial charge in [-0.05, 0) is 24.6 Å². The van der Waals surface area contributed by atoms with Gasteiger partial charge in [0.2, 0.25) is 5.95 Å². The molecule has 1 aromatic heterocycles. The molecule has 3 rings (SSSR count). The van der Waals surface area contributed by atoms with Crippen LogP contribution >= 0.6 is 0 Å². The minimum Gasteiger partial charge on any atom is -0.350 e. The maximum absolute atomic E-state index is 12.5. The van der Waals surface area contributed by atoms with Crippen LogP contribution in [-0.4, -0.2) is 58.4 Å². The zero-order valence-corrected chi connectivity index (χ0v) is 14.9. The van der Waals surface area contributed by atoms with E-state index in [1.165, 1.54) is 11.1 Å². The molecule has 0 unspecified atom stereocenters. The molecule has 1 fully saturated rings. The third kappa shape index (κ3) is 4.33. The SMILES string of the molecule is CCN1CCN(C(=O)c2cnc(NCc3ccccc3C)nc2)CC1. The average Bonchev–Trinajstić information content (AvgIpc) is 2.67. The Bertz CT molecular complexity index is 708. The van der Waals surface area contributed by atoms with Gasteiger partial charge in [-0.15, -0.1) is 0 Å². The summed E-state index contributed by atoms with van der Waals surface area (Å²) < 4.78 is 0. The first-order chi connectivity index (χ1) is 12.2. The number of piperazine rings is 1. The van der Waals surface area contributed by atoms with Crippen LogP contribution in [0.25, 0.3) is 0 Å². The summed E-state index contributed by atoms with van der Waals surface area (Å²) >= 11 is 0. The Morgan fingerprint density at radius 2 is 1.80 bits per heavy atom. The summed E-state index contributed by atoms with van der Waals surface area (Å²) in [7, 11) is 0. The van der Waals surface area contributed by atoms with Crippen LogP contribution in [0, 0.1) is 6.92 Å². The normalized spacial score (nSPS) is 15.2. The highest BCUT2D eigenvalue weighted by Gasteiger charge is 2.21. The lowest BCUT2D eigenvalue weighted by Crippen LogP contribution is -2.48. The molecule has 1 aromatic carbocycles. The maximum Gasteiger partial charge on any atom is 0.257 e. The molecule has 1 N–H and O–H groups in total. The molecule has 6 heteroatoms. The first kappa shape index (κ1) is 17.4. The molecule has 6 nitrogen and oxygen atoms in total. The monoisotopic (exact) mass is 339 g/mol. The molecule has 1 amide bonds. The number of carbonyl (C=O) groups excluding carboxylic acids is 1. The molecule has 1 aliphatic rings. The van der Waals surface area contributed by atoms with E-state index in [9.17, 15) is 4.79 Å². The third-order valence-electron chi connectivity index (χ3n) is 4.70. The summed E-state index contributed by atoms with van der Waals surface area (Å²) in [5.41, 5.74) is 2.99. The topological polar surface area (TPSA) is 61.4 Å². The molecule has 0 radical (unpaired) electrons. The van der Waals surface area contributed by atoms with E-state index < -0.39 is 0 Å². The van der Waals surface area contributed by atoms with Crippen LogP contribution in [0.15, 0.2) is 36.7 Å². The van der Waals surface area contributed by atoms with Crippen molar-refractivity contribution in [2.24, 2.45) is 0 Å². The van der Waals surface area contributed by atoms with Gasteiger partial charge in [-0.2, -0.15) is 0 Å². The van der Waals surface area contributed by atoms with Crippen molar-refractivity contribution in [1.82, 2.24) is 19.8 Å². The van der Waals surface area contributed by atoms with E-state index in [0.29, 0.717) is 18.1 Å². The number of anilines is 1. The zero-order chi connectivity index (χ0) is 17.6. The zero-order valence-electron chi connectivity index (χ0n) is 14.9. The number of rotatable bonds is 5. The number of nitrogens with zero attached hydrogens (tertiary/aromatic N) is 4. The Balaban J connectivity index is 1.57. The van der Waals surface area contributed by atoms with Gasteiger partial charge >= 0.3 is 0 Å². The van der Waals surface area contributed by atoms with Crippen molar-refractivity contribution in [2.75, 3.05) is 38.0 Å². The first-order valence-electron chi connectivity index (χ1n) is 8.79. The fraction of sp³-hybridized carbons (Fsp3) is 0.421. The van der Waals surface area contributed by atoms with Crippen LogP contribution in [0.5, 0.6) is 0 Å². The fourth-order valence-corrected chi connectivity index (χ4v) is 2.96. The van der Waals surface area contributed by atoms with Gasteiger partial charge in [0.1, 0.15) is 0 Å². The lowest BCUT2D eigenvalue weighted by atomic mass is 10.1. The fourth-order valence-electron chi connectivity index (χ4n) is 2.96. The molecule has 0 atom stereocenters. The first-order valence-corrected chi connectivity index (χ1v) is 8.79. The maximum atomic E-state index is 12.5. The van der Waals surface area contributed by atoms with Gasteiger partial charge < -0.3 is 15.1 Å². The van der Waals surface area contributed by atoms with Gasteiger partial charge in [0.15, 0.2) is 0 Å². The summed E-state index contributed by atoms with van der Waals surface area (Å²) in [6.45, 7) is 9.31. The smallest absolute Gasteiger partial charge is 0.257 e. The summed E-state index contributed by atoms with van der Waals surface area (Å²) in [6, 6.07) is 8.20. The quantitative estimate of drug-likeness (QED) is 0.905. The Morgan fingerprint density at radius 1 is 1.12 bits per heavy atom. The number of benzene rings is 1. The van der Waals surface area contributed by atoms with Gasteiger partial charge in [-0.3, -0.25) is 4.79 Å². The van der Waals surface area contributed by atoms with Crippen molar-refractivity contribution in [1.29, 1.82) is 0 Å². The van der Waals surface area contributed by atoms with E-state index in [1.54, 1.807) is 12.4 Å². The predicted octanol–water partition coefficient (Wildman–Crippen LogP) is 2.17. The lowest BCUT2D eigenvalue weighted by molar-refractivity contribution is 0.0642. The van der Waals surface area contributed by atoms with E-state index in [0.717, 1.165) is 32.7 Å². The Morgan fingerprint density at radius 3 is 2.44 bits per heavy atom. The van der Waals surface area contributed by atoms with Crippen LogP contribution in [-0.2, 0) is 6.54 Å². The molecule has 25 heavy (non-hydrogen) atoms. The van der Waals surface area contributed by atoms with Crippen molar-refractivity contribution in [3.05, 3.63) is 53.3 Å². The van der Waals surface area contributed by atoms with Gasteiger partial charge in [0.25, 0.3) is 5.91 Å². The largest absolute Gasteiger partial charge is 0.350 e. The summed E-state index contributed by atoms with van der Waals surface area (Å²) in [5.74, 6) is 0.553. The summed E-state index contributed by atoms with van der Waals surface area (Å²) in [5, 5.41) is 3.21. The molecule has 0 aliphatic carbocycles. The number of carbonyl (C=O) groups is 1. The number of hydrogen-bond donors (Lipinski definition) is 1. The van der Waals surface area contributed by atoms with Gasteiger partial charge in [-0.1, -0.05) is 31.2 Å². The Hall–Kier alpha value is -2.47. The predicted molar refractivity (Wildman–Crippen MR) is 98.6 cm³/mol. The molecular formula is C19H25N5O. The highest BCUT2D eigenvalue weighted by atomic mass is 16.2. The second-order valence-electron chi connectivity index (χ2n) is 6.30. The number of likely N-dealkylation sites (N-methyl/N-ethyl adjacent to an activating group) is 1. The third-order valence-corrected chi connectivity index (χ3v) is 4.70. The van der Waals surface area contributed by atoms with E-state index >= 15 is 0 Å². The van der Waals surface area contributed by atoms with Gasteiger partial charge in [0, 0.05) is 45.1 Å². The standard InChI is InChI=1S/C19H25N5O/c1-3-23-8-10-24(11-9-23)18(25)17-13-21-19(22-14-17)20-12-16-7-5-4-6-15(16)2/h4-7,13-14H,3,8-12H2,1-2H3,(H,20,21,22). The number of aryl methyl sites for hydroxylation is 1. The van der Waals surface area contributed by atoms with E-state index in [1.807, 2.05) is 17.0 Å². The van der Waals surface area contributed by atoms with Crippen LogP contribution in [0.4, 0.5) is 5.95 Å². The molecule has 2 heterocycles. The number of hydrogen-bond acceptors (Lipinski definition) is 5. The number of nitrogens with one attached hydrogen (secondary N) is 1. The molecule has 132 valence electrons. The minimum atomic E-state index is 0.0150. The van der Waals surface area contributed by atoms with Crippen molar-refractivity contribution >= 4 is 11.9 Å². The molecule has 2 aromatic rings. The molecule has 0 spiro atoms. The van der Waals surface area contributed by atoms with Crippen LogP contribution in [0.2, 0.25) is 0 Å². The van der Waals surface area contributed by atoms with Crippen molar-refractivity contribution < 1.29 is 4.79 Å². The molecule has 0 saturated carbocycles. The number of amides is 1. The van der Waals surface area contributed by atoms with Crippen molar-refractivity contribution in [2.45, 2.75) is 20.4 Å².